The number of rotatable bonds is 2. The molecule has 0 bridgehead atoms. The quantitative estimate of drug-likeness (QED) is 0.907. The highest BCUT2D eigenvalue weighted by molar-refractivity contribution is 9.11. The molecule has 1 atom stereocenters. The molecule has 4 nitrogen and oxygen atoms in total. The zero-order valence-electron chi connectivity index (χ0n) is 9.19. The first kappa shape index (κ1) is 12.6. The van der Waals surface area contributed by atoms with Gasteiger partial charge in [-0.05, 0) is 47.3 Å². The first-order valence-corrected chi connectivity index (χ1v) is 7.06. The number of carbonyl (C=O) groups excluding carboxylic acids is 2. The molecule has 2 heterocycles. The third kappa shape index (κ3) is 2.69. The smallest absolute Gasteiger partial charge is 0.264 e. The van der Waals surface area contributed by atoms with Crippen LogP contribution in [-0.2, 0) is 4.79 Å². The van der Waals surface area contributed by atoms with Crippen LogP contribution in [0.2, 0.25) is 0 Å². The summed E-state index contributed by atoms with van der Waals surface area (Å²) in [7, 11) is 0. The van der Waals surface area contributed by atoms with Crippen LogP contribution in [0.3, 0.4) is 0 Å². The molecular weight excluding hydrogens is 304 g/mol. The molecule has 0 spiro atoms. The van der Waals surface area contributed by atoms with Gasteiger partial charge in [-0.25, -0.2) is 0 Å². The van der Waals surface area contributed by atoms with Crippen molar-refractivity contribution in [3.8, 4) is 0 Å². The van der Waals surface area contributed by atoms with Crippen LogP contribution in [0.25, 0.3) is 0 Å². The van der Waals surface area contributed by atoms with Crippen LogP contribution in [-0.4, -0.2) is 29.3 Å². The maximum absolute atomic E-state index is 12.2. The Labute approximate surface area is 112 Å². The second-order valence-corrected chi connectivity index (χ2v) is 6.48. The Hall–Kier alpha value is -0.880. The van der Waals surface area contributed by atoms with Gasteiger partial charge in [-0.2, -0.15) is 0 Å². The van der Waals surface area contributed by atoms with Gasteiger partial charge in [-0.15, -0.1) is 11.3 Å². The van der Waals surface area contributed by atoms with E-state index >= 15 is 0 Å². The lowest BCUT2D eigenvalue weighted by molar-refractivity contribution is -0.123. The summed E-state index contributed by atoms with van der Waals surface area (Å²) in [5, 5.41) is 0. The molecule has 92 valence electrons. The molecule has 2 N–H and O–H groups in total. The van der Waals surface area contributed by atoms with Gasteiger partial charge in [0.05, 0.1) is 8.66 Å². The van der Waals surface area contributed by atoms with Gasteiger partial charge in [0.2, 0.25) is 5.91 Å². The average molecular weight is 317 g/mol. The molecule has 6 heteroatoms. The number of amides is 2. The van der Waals surface area contributed by atoms with Crippen molar-refractivity contribution in [1.82, 2.24) is 4.90 Å². The van der Waals surface area contributed by atoms with Crippen LogP contribution in [0, 0.1) is 0 Å². The summed E-state index contributed by atoms with van der Waals surface area (Å²) >= 11 is 4.70. The van der Waals surface area contributed by atoms with Crippen molar-refractivity contribution in [2.24, 2.45) is 5.73 Å². The van der Waals surface area contributed by atoms with E-state index in [4.69, 9.17) is 5.73 Å². The maximum atomic E-state index is 12.2. The third-order valence-electron chi connectivity index (χ3n) is 2.88. The normalized spacial score (nSPS) is 20.3. The first-order valence-electron chi connectivity index (χ1n) is 5.45. The SMILES string of the molecule is NC(=O)C1CCCCN1C(=O)c1ccc(Br)s1. The second kappa shape index (κ2) is 5.18. The van der Waals surface area contributed by atoms with E-state index in [2.05, 4.69) is 15.9 Å². The van der Waals surface area contributed by atoms with Crippen LogP contribution < -0.4 is 5.73 Å². The van der Waals surface area contributed by atoms with E-state index in [1.165, 1.54) is 11.3 Å². The lowest BCUT2D eigenvalue weighted by Gasteiger charge is -2.33. The molecule has 2 amide bonds. The van der Waals surface area contributed by atoms with Crippen LogP contribution in [0.4, 0.5) is 0 Å². The molecule has 1 aliphatic heterocycles. The van der Waals surface area contributed by atoms with Crippen molar-refractivity contribution in [2.45, 2.75) is 25.3 Å². The Balaban J connectivity index is 2.19. The van der Waals surface area contributed by atoms with E-state index in [0.717, 1.165) is 16.6 Å². The van der Waals surface area contributed by atoms with E-state index in [0.29, 0.717) is 17.8 Å². The van der Waals surface area contributed by atoms with Gasteiger partial charge in [0, 0.05) is 6.54 Å². The fourth-order valence-corrected chi connectivity index (χ4v) is 3.38. The number of piperidine rings is 1. The standard InChI is InChI=1S/C11H13BrN2O2S/c12-9-5-4-8(17-9)11(16)14-6-2-1-3-7(14)10(13)15/h4-5,7H,1-3,6H2,(H2,13,15). The summed E-state index contributed by atoms with van der Waals surface area (Å²) in [5.41, 5.74) is 5.34. The van der Waals surface area contributed by atoms with E-state index in [9.17, 15) is 9.59 Å². The highest BCUT2D eigenvalue weighted by Crippen LogP contribution is 2.26. The molecule has 1 unspecified atom stereocenters. The Bertz CT molecular complexity index is 446. The summed E-state index contributed by atoms with van der Waals surface area (Å²) in [5.74, 6) is -0.502. The fraction of sp³-hybridized carbons (Fsp3) is 0.455. The highest BCUT2D eigenvalue weighted by Gasteiger charge is 2.31. The van der Waals surface area contributed by atoms with Crippen LogP contribution in [0.5, 0.6) is 0 Å². The number of thiophene rings is 1. The summed E-state index contributed by atoms with van der Waals surface area (Å²) in [6.45, 7) is 0.613. The number of hydrogen-bond donors (Lipinski definition) is 1. The molecule has 0 saturated carbocycles. The van der Waals surface area contributed by atoms with E-state index in [1.54, 1.807) is 11.0 Å². The van der Waals surface area contributed by atoms with Gasteiger partial charge < -0.3 is 10.6 Å². The minimum Gasteiger partial charge on any atom is -0.368 e. The van der Waals surface area contributed by atoms with Crippen molar-refractivity contribution in [1.29, 1.82) is 0 Å². The maximum Gasteiger partial charge on any atom is 0.264 e. The van der Waals surface area contributed by atoms with Crippen LogP contribution in [0.1, 0.15) is 28.9 Å². The molecule has 0 aliphatic carbocycles. The summed E-state index contributed by atoms with van der Waals surface area (Å²) in [4.78, 5) is 25.8. The lowest BCUT2D eigenvalue weighted by Crippen LogP contribution is -2.50. The molecule has 1 aromatic rings. The van der Waals surface area contributed by atoms with Gasteiger partial charge in [0.1, 0.15) is 6.04 Å². The molecule has 1 aromatic heterocycles. The number of carbonyl (C=O) groups is 2. The molecule has 1 saturated heterocycles. The molecule has 1 fully saturated rings. The van der Waals surface area contributed by atoms with Crippen molar-refractivity contribution < 1.29 is 9.59 Å². The van der Waals surface area contributed by atoms with Crippen LogP contribution >= 0.6 is 27.3 Å². The van der Waals surface area contributed by atoms with Crippen molar-refractivity contribution >= 4 is 39.1 Å². The topological polar surface area (TPSA) is 63.4 Å². The van der Waals surface area contributed by atoms with Gasteiger partial charge in [-0.3, -0.25) is 9.59 Å². The van der Waals surface area contributed by atoms with E-state index in [-0.39, 0.29) is 5.91 Å². The number of nitrogens with zero attached hydrogens (tertiary/aromatic N) is 1. The number of likely N-dealkylation sites (tertiary alicyclic amines) is 1. The van der Waals surface area contributed by atoms with Gasteiger partial charge in [0.15, 0.2) is 0 Å². The highest BCUT2D eigenvalue weighted by atomic mass is 79.9. The molecule has 0 radical (unpaired) electrons. The minimum atomic E-state index is -0.447. The van der Waals surface area contributed by atoms with Crippen molar-refractivity contribution in [2.75, 3.05) is 6.54 Å². The second-order valence-electron chi connectivity index (χ2n) is 4.02. The third-order valence-corrected chi connectivity index (χ3v) is 4.49. The van der Waals surface area contributed by atoms with Crippen LogP contribution in [0.15, 0.2) is 15.9 Å². The Kier molecular flexibility index (Phi) is 3.83. The van der Waals surface area contributed by atoms with E-state index in [1.807, 2.05) is 6.07 Å². The van der Waals surface area contributed by atoms with Crippen molar-refractivity contribution in [3.05, 3.63) is 20.8 Å². The summed E-state index contributed by atoms with van der Waals surface area (Å²) in [6.07, 6.45) is 2.56. The average Bonchev–Trinajstić information content (AvgIpc) is 2.75. The molecule has 0 aromatic carbocycles. The van der Waals surface area contributed by atoms with Gasteiger partial charge in [-0.1, -0.05) is 0 Å². The Morgan fingerprint density at radius 1 is 1.41 bits per heavy atom. The largest absolute Gasteiger partial charge is 0.368 e. The zero-order chi connectivity index (χ0) is 12.4. The molecule has 2 rings (SSSR count). The van der Waals surface area contributed by atoms with Crippen molar-refractivity contribution in [3.63, 3.8) is 0 Å². The Morgan fingerprint density at radius 2 is 2.18 bits per heavy atom. The summed E-state index contributed by atoms with van der Waals surface area (Å²) in [6, 6.07) is 3.15. The summed E-state index contributed by atoms with van der Waals surface area (Å²) < 4.78 is 0.911. The molecule has 1 aliphatic rings. The zero-order valence-corrected chi connectivity index (χ0v) is 11.6. The van der Waals surface area contributed by atoms with Gasteiger partial charge in [0.25, 0.3) is 5.91 Å². The van der Waals surface area contributed by atoms with Gasteiger partial charge >= 0.3 is 0 Å². The number of halogens is 1. The van der Waals surface area contributed by atoms with E-state index < -0.39 is 11.9 Å². The Morgan fingerprint density at radius 3 is 2.76 bits per heavy atom. The predicted molar refractivity (Wildman–Crippen MR) is 69.9 cm³/mol. The molecular formula is C11H13BrN2O2S. The number of primary amides is 1. The number of hydrogen-bond acceptors (Lipinski definition) is 3. The minimum absolute atomic E-state index is 0.0933. The monoisotopic (exact) mass is 316 g/mol. The molecule has 17 heavy (non-hydrogen) atoms. The number of nitrogens with two attached hydrogens (primary N) is 1. The fourth-order valence-electron chi connectivity index (χ4n) is 2.04. The predicted octanol–water partition coefficient (Wildman–Crippen LogP) is 1.99. The lowest BCUT2D eigenvalue weighted by atomic mass is 10.0. The first-order chi connectivity index (χ1) is 8.09.